The molecule has 0 aliphatic carbocycles. The first-order valence-corrected chi connectivity index (χ1v) is 4.93. The van der Waals surface area contributed by atoms with Gasteiger partial charge in [0.15, 0.2) is 0 Å². The van der Waals surface area contributed by atoms with Crippen molar-refractivity contribution in [3.63, 3.8) is 0 Å². The second kappa shape index (κ2) is 3.99. The van der Waals surface area contributed by atoms with E-state index in [1.165, 1.54) is 6.07 Å². The van der Waals surface area contributed by atoms with Crippen LogP contribution in [0.2, 0.25) is 5.02 Å². The standard InChI is InChI=1S/C12H9ClFN/c1-8-6-10(4-5-15-8)9-2-3-12(14)11(13)7-9/h2-7H,1H3. The molecule has 3 heteroatoms. The van der Waals surface area contributed by atoms with E-state index in [0.717, 1.165) is 16.8 Å². The summed E-state index contributed by atoms with van der Waals surface area (Å²) in [4.78, 5) is 4.10. The van der Waals surface area contributed by atoms with Gasteiger partial charge in [-0.25, -0.2) is 4.39 Å². The first-order valence-electron chi connectivity index (χ1n) is 4.55. The summed E-state index contributed by atoms with van der Waals surface area (Å²) in [5, 5.41) is 0.141. The molecule has 1 aromatic carbocycles. The average molecular weight is 222 g/mol. The predicted molar refractivity (Wildman–Crippen MR) is 59.4 cm³/mol. The minimum Gasteiger partial charge on any atom is -0.262 e. The maximum Gasteiger partial charge on any atom is 0.141 e. The summed E-state index contributed by atoms with van der Waals surface area (Å²) >= 11 is 5.71. The number of pyridine rings is 1. The highest BCUT2D eigenvalue weighted by Gasteiger charge is 2.03. The van der Waals surface area contributed by atoms with Gasteiger partial charge in [-0.3, -0.25) is 4.98 Å². The molecule has 0 radical (unpaired) electrons. The number of aryl methyl sites for hydroxylation is 1. The van der Waals surface area contributed by atoms with Crippen molar-refractivity contribution in [3.8, 4) is 11.1 Å². The zero-order valence-corrected chi connectivity index (χ0v) is 8.92. The van der Waals surface area contributed by atoms with Gasteiger partial charge in [0.05, 0.1) is 5.02 Å². The molecule has 0 amide bonds. The van der Waals surface area contributed by atoms with Crippen LogP contribution in [0.15, 0.2) is 36.5 Å². The van der Waals surface area contributed by atoms with Gasteiger partial charge in [-0.05, 0) is 42.3 Å². The zero-order valence-electron chi connectivity index (χ0n) is 8.17. The summed E-state index contributed by atoms with van der Waals surface area (Å²) in [5.41, 5.74) is 2.81. The molecule has 0 bridgehead atoms. The molecule has 1 aromatic heterocycles. The van der Waals surface area contributed by atoms with E-state index < -0.39 is 5.82 Å². The Bertz CT molecular complexity index is 497. The quantitative estimate of drug-likeness (QED) is 0.713. The normalized spacial score (nSPS) is 10.3. The second-order valence-corrected chi connectivity index (χ2v) is 3.72. The number of aromatic nitrogens is 1. The van der Waals surface area contributed by atoms with Crippen LogP contribution in [-0.2, 0) is 0 Å². The number of benzene rings is 1. The first-order chi connectivity index (χ1) is 7.16. The molecule has 2 aromatic rings. The third-order valence-electron chi connectivity index (χ3n) is 2.15. The molecule has 0 N–H and O–H groups in total. The summed E-state index contributed by atoms with van der Waals surface area (Å²) in [6.07, 6.45) is 1.72. The van der Waals surface area contributed by atoms with Crippen LogP contribution in [0.1, 0.15) is 5.69 Å². The highest BCUT2D eigenvalue weighted by atomic mass is 35.5. The Kier molecular flexibility index (Phi) is 2.69. The van der Waals surface area contributed by atoms with Crippen molar-refractivity contribution in [2.24, 2.45) is 0 Å². The lowest BCUT2D eigenvalue weighted by Crippen LogP contribution is -1.84. The maximum atomic E-state index is 12.9. The number of halogens is 2. The molecule has 0 spiro atoms. The van der Waals surface area contributed by atoms with E-state index in [-0.39, 0.29) is 5.02 Å². The molecule has 1 nitrogen and oxygen atoms in total. The minimum atomic E-state index is -0.397. The summed E-state index contributed by atoms with van der Waals surface area (Å²) in [6, 6.07) is 8.50. The van der Waals surface area contributed by atoms with Crippen molar-refractivity contribution in [3.05, 3.63) is 53.1 Å². The molecule has 2 rings (SSSR count). The van der Waals surface area contributed by atoms with Crippen LogP contribution in [0.5, 0.6) is 0 Å². The number of nitrogens with zero attached hydrogens (tertiary/aromatic N) is 1. The Hall–Kier alpha value is -1.41. The van der Waals surface area contributed by atoms with E-state index in [2.05, 4.69) is 4.98 Å². The lowest BCUT2D eigenvalue weighted by molar-refractivity contribution is 0.628. The van der Waals surface area contributed by atoms with E-state index in [9.17, 15) is 4.39 Å². The van der Waals surface area contributed by atoms with Gasteiger partial charge in [0, 0.05) is 11.9 Å². The van der Waals surface area contributed by atoms with Crippen LogP contribution in [0, 0.1) is 12.7 Å². The molecule has 0 unspecified atom stereocenters. The van der Waals surface area contributed by atoms with Crippen LogP contribution >= 0.6 is 11.6 Å². The Morgan fingerprint density at radius 2 is 1.87 bits per heavy atom. The molecule has 0 saturated carbocycles. The zero-order chi connectivity index (χ0) is 10.8. The molecule has 76 valence electrons. The van der Waals surface area contributed by atoms with Gasteiger partial charge in [0.25, 0.3) is 0 Å². The van der Waals surface area contributed by atoms with E-state index >= 15 is 0 Å². The molecule has 0 fully saturated rings. The predicted octanol–water partition coefficient (Wildman–Crippen LogP) is 3.85. The van der Waals surface area contributed by atoms with Crippen LogP contribution in [-0.4, -0.2) is 4.98 Å². The Balaban J connectivity index is 2.50. The monoisotopic (exact) mass is 221 g/mol. The van der Waals surface area contributed by atoms with E-state index in [1.54, 1.807) is 18.3 Å². The first kappa shape index (κ1) is 10.1. The van der Waals surface area contributed by atoms with Crippen LogP contribution in [0.4, 0.5) is 4.39 Å². The molecular weight excluding hydrogens is 213 g/mol. The topological polar surface area (TPSA) is 12.9 Å². The third kappa shape index (κ3) is 2.16. The van der Waals surface area contributed by atoms with Gasteiger partial charge in [-0.2, -0.15) is 0 Å². The maximum absolute atomic E-state index is 12.9. The van der Waals surface area contributed by atoms with Gasteiger partial charge in [-0.1, -0.05) is 17.7 Å². The molecular formula is C12H9ClFN. The molecule has 0 saturated heterocycles. The van der Waals surface area contributed by atoms with Gasteiger partial charge in [-0.15, -0.1) is 0 Å². The van der Waals surface area contributed by atoms with Crippen molar-refractivity contribution < 1.29 is 4.39 Å². The Labute approximate surface area is 92.5 Å². The third-order valence-corrected chi connectivity index (χ3v) is 2.44. The van der Waals surface area contributed by atoms with Crippen molar-refractivity contribution in [1.82, 2.24) is 4.98 Å². The number of hydrogen-bond acceptors (Lipinski definition) is 1. The lowest BCUT2D eigenvalue weighted by Gasteiger charge is -2.03. The second-order valence-electron chi connectivity index (χ2n) is 3.31. The summed E-state index contributed by atoms with van der Waals surface area (Å²) in [6.45, 7) is 1.91. The summed E-state index contributed by atoms with van der Waals surface area (Å²) < 4.78 is 12.9. The largest absolute Gasteiger partial charge is 0.262 e. The molecule has 1 heterocycles. The Morgan fingerprint density at radius 3 is 2.53 bits per heavy atom. The lowest BCUT2D eigenvalue weighted by atomic mass is 10.1. The molecule has 0 aliphatic rings. The van der Waals surface area contributed by atoms with Gasteiger partial charge < -0.3 is 0 Å². The average Bonchev–Trinajstić information content (AvgIpc) is 2.22. The number of rotatable bonds is 1. The van der Waals surface area contributed by atoms with E-state index in [1.807, 2.05) is 19.1 Å². The van der Waals surface area contributed by atoms with Crippen LogP contribution < -0.4 is 0 Å². The minimum absolute atomic E-state index is 0.141. The molecule has 15 heavy (non-hydrogen) atoms. The highest BCUT2D eigenvalue weighted by molar-refractivity contribution is 6.31. The SMILES string of the molecule is Cc1cc(-c2ccc(F)c(Cl)c2)ccn1. The van der Waals surface area contributed by atoms with Gasteiger partial charge in [0.1, 0.15) is 5.82 Å². The van der Waals surface area contributed by atoms with Crippen LogP contribution in [0.3, 0.4) is 0 Å². The van der Waals surface area contributed by atoms with E-state index in [4.69, 9.17) is 11.6 Å². The Morgan fingerprint density at radius 1 is 1.13 bits per heavy atom. The van der Waals surface area contributed by atoms with Crippen LogP contribution in [0.25, 0.3) is 11.1 Å². The van der Waals surface area contributed by atoms with Crippen molar-refractivity contribution in [1.29, 1.82) is 0 Å². The molecule has 0 atom stereocenters. The molecule has 0 aliphatic heterocycles. The van der Waals surface area contributed by atoms with Gasteiger partial charge >= 0.3 is 0 Å². The summed E-state index contributed by atoms with van der Waals surface area (Å²) in [5.74, 6) is -0.397. The summed E-state index contributed by atoms with van der Waals surface area (Å²) in [7, 11) is 0. The van der Waals surface area contributed by atoms with Crippen molar-refractivity contribution >= 4 is 11.6 Å². The smallest absolute Gasteiger partial charge is 0.141 e. The highest BCUT2D eigenvalue weighted by Crippen LogP contribution is 2.24. The van der Waals surface area contributed by atoms with Crippen molar-refractivity contribution in [2.75, 3.05) is 0 Å². The fourth-order valence-electron chi connectivity index (χ4n) is 1.40. The fraction of sp³-hybridized carbons (Fsp3) is 0.0833. The fourth-order valence-corrected chi connectivity index (χ4v) is 1.58. The number of hydrogen-bond donors (Lipinski definition) is 0. The van der Waals surface area contributed by atoms with Crippen molar-refractivity contribution in [2.45, 2.75) is 6.92 Å². The van der Waals surface area contributed by atoms with Gasteiger partial charge in [0.2, 0.25) is 0 Å². The van der Waals surface area contributed by atoms with E-state index in [0.29, 0.717) is 0 Å².